The first-order valence-electron chi connectivity index (χ1n) is 5.08. The molecule has 0 bridgehead atoms. The maximum absolute atomic E-state index is 10.0. The summed E-state index contributed by atoms with van der Waals surface area (Å²) in [6.07, 6.45) is 7.26. The van der Waals surface area contributed by atoms with Gasteiger partial charge in [0.05, 0.1) is 0 Å². The van der Waals surface area contributed by atoms with Crippen LogP contribution in [-0.4, -0.2) is 17.7 Å². The largest absolute Gasteiger partial charge is 0.550 e. The van der Waals surface area contributed by atoms with Gasteiger partial charge >= 0.3 is 0 Å². The molecule has 0 aromatic heterocycles. The second-order valence-corrected chi connectivity index (χ2v) is 3.32. The van der Waals surface area contributed by atoms with Crippen LogP contribution in [0.1, 0.15) is 51.4 Å². The van der Waals surface area contributed by atoms with E-state index in [1.54, 1.807) is 0 Å². The summed E-state index contributed by atoms with van der Waals surface area (Å²) in [5, 5.41) is 18.5. The van der Waals surface area contributed by atoms with E-state index >= 15 is 0 Å². The second kappa shape index (κ2) is 9.52. The van der Waals surface area contributed by atoms with Crippen molar-refractivity contribution >= 4 is 5.97 Å². The molecule has 0 aliphatic carbocycles. The van der Waals surface area contributed by atoms with Crippen molar-refractivity contribution in [2.75, 3.05) is 6.61 Å². The van der Waals surface area contributed by atoms with Crippen molar-refractivity contribution in [3.63, 3.8) is 0 Å². The van der Waals surface area contributed by atoms with Crippen molar-refractivity contribution < 1.29 is 15.0 Å². The van der Waals surface area contributed by atoms with Crippen LogP contribution in [0, 0.1) is 0 Å². The van der Waals surface area contributed by atoms with Gasteiger partial charge in [0.1, 0.15) is 0 Å². The first kappa shape index (κ1) is 12.4. The van der Waals surface area contributed by atoms with Crippen LogP contribution in [0.15, 0.2) is 0 Å². The Morgan fingerprint density at radius 2 is 1.38 bits per heavy atom. The van der Waals surface area contributed by atoms with E-state index in [1.165, 1.54) is 0 Å². The van der Waals surface area contributed by atoms with Gasteiger partial charge < -0.3 is 15.0 Å². The number of hydrogen-bond acceptors (Lipinski definition) is 3. The van der Waals surface area contributed by atoms with Crippen LogP contribution in [0.4, 0.5) is 0 Å². The summed E-state index contributed by atoms with van der Waals surface area (Å²) >= 11 is 0. The van der Waals surface area contributed by atoms with Gasteiger partial charge in [0.15, 0.2) is 0 Å². The van der Waals surface area contributed by atoms with E-state index in [9.17, 15) is 9.90 Å². The fraction of sp³-hybridized carbons (Fsp3) is 0.900. The predicted molar refractivity (Wildman–Crippen MR) is 49.0 cm³/mol. The SMILES string of the molecule is O=C([O-])CCCCCCCCCO. The molecule has 78 valence electrons. The van der Waals surface area contributed by atoms with E-state index in [1.807, 2.05) is 0 Å². The number of aliphatic carboxylic acids is 1. The van der Waals surface area contributed by atoms with Crippen LogP contribution in [0.2, 0.25) is 0 Å². The summed E-state index contributed by atoms with van der Waals surface area (Å²) in [5.41, 5.74) is 0. The zero-order valence-corrected chi connectivity index (χ0v) is 8.13. The summed E-state index contributed by atoms with van der Waals surface area (Å²) < 4.78 is 0. The number of aliphatic hydroxyl groups is 1. The van der Waals surface area contributed by atoms with Gasteiger partial charge in [0.25, 0.3) is 0 Å². The third-order valence-corrected chi connectivity index (χ3v) is 2.04. The van der Waals surface area contributed by atoms with Crippen molar-refractivity contribution in [1.82, 2.24) is 0 Å². The summed E-state index contributed by atoms with van der Waals surface area (Å²) in [6.45, 7) is 0.282. The molecule has 13 heavy (non-hydrogen) atoms. The number of carbonyl (C=O) groups is 1. The highest BCUT2D eigenvalue weighted by atomic mass is 16.4. The predicted octanol–water partition coefficient (Wildman–Crippen LogP) is 0.849. The van der Waals surface area contributed by atoms with Crippen molar-refractivity contribution in [2.24, 2.45) is 0 Å². The highest BCUT2D eigenvalue weighted by Gasteiger charge is 1.91. The lowest BCUT2D eigenvalue weighted by Crippen LogP contribution is -2.21. The van der Waals surface area contributed by atoms with Crippen LogP contribution < -0.4 is 5.11 Å². The maximum atomic E-state index is 10.0. The van der Waals surface area contributed by atoms with Crippen molar-refractivity contribution in [1.29, 1.82) is 0 Å². The van der Waals surface area contributed by atoms with E-state index in [0.717, 1.165) is 44.9 Å². The van der Waals surface area contributed by atoms with Crippen LogP contribution in [-0.2, 0) is 4.79 Å². The van der Waals surface area contributed by atoms with Crippen molar-refractivity contribution in [3.05, 3.63) is 0 Å². The Kier molecular flexibility index (Phi) is 9.10. The topological polar surface area (TPSA) is 60.4 Å². The van der Waals surface area contributed by atoms with Crippen LogP contribution >= 0.6 is 0 Å². The fourth-order valence-corrected chi connectivity index (χ4v) is 1.27. The minimum Gasteiger partial charge on any atom is -0.550 e. The summed E-state index contributed by atoms with van der Waals surface area (Å²) in [7, 11) is 0. The minimum atomic E-state index is -0.944. The molecule has 0 fully saturated rings. The number of rotatable bonds is 9. The Balaban J connectivity index is 2.87. The molecule has 0 heterocycles. The minimum absolute atomic E-state index is 0.191. The zero-order valence-electron chi connectivity index (χ0n) is 8.13. The number of carboxylic acids is 1. The van der Waals surface area contributed by atoms with E-state index < -0.39 is 5.97 Å². The van der Waals surface area contributed by atoms with E-state index in [2.05, 4.69) is 0 Å². The second-order valence-electron chi connectivity index (χ2n) is 3.32. The van der Waals surface area contributed by atoms with Gasteiger partial charge in [-0.25, -0.2) is 0 Å². The first-order valence-corrected chi connectivity index (χ1v) is 5.08. The van der Waals surface area contributed by atoms with Gasteiger partial charge in [-0.05, 0) is 19.3 Å². The summed E-state index contributed by atoms with van der Waals surface area (Å²) in [6, 6.07) is 0. The highest BCUT2D eigenvalue weighted by molar-refractivity contribution is 5.63. The molecule has 1 N–H and O–H groups in total. The van der Waals surface area contributed by atoms with Gasteiger partial charge in [-0.15, -0.1) is 0 Å². The summed E-state index contributed by atoms with van der Waals surface area (Å²) in [4.78, 5) is 10.0. The van der Waals surface area contributed by atoms with Gasteiger partial charge in [-0.3, -0.25) is 0 Å². The molecule has 0 rings (SSSR count). The number of carbonyl (C=O) groups excluding carboxylic acids is 1. The highest BCUT2D eigenvalue weighted by Crippen LogP contribution is 2.07. The van der Waals surface area contributed by atoms with E-state index in [4.69, 9.17) is 5.11 Å². The normalized spacial score (nSPS) is 10.2. The standard InChI is InChI=1S/C10H20O3/c11-9-7-5-3-1-2-4-6-8-10(12)13/h11H,1-9H2,(H,12,13)/p-1. The molecule has 0 unspecified atom stereocenters. The molecule has 0 aromatic carbocycles. The lowest BCUT2D eigenvalue weighted by molar-refractivity contribution is -0.305. The number of unbranched alkanes of at least 4 members (excludes halogenated alkanes) is 6. The molecule has 0 aliphatic heterocycles. The molecular formula is C10H19O3-. The number of carboxylic acid groups (broad SMARTS) is 1. The van der Waals surface area contributed by atoms with Crippen LogP contribution in [0.5, 0.6) is 0 Å². The first-order chi connectivity index (χ1) is 6.27. The average molecular weight is 187 g/mol. The van der Waals surface area contributed by atoms with E-state index in [-0.39, 0.29) is 13.0 Å². The van der Waals surface area contributed by atoms with Crippen LogP contribution in [0.3, 0.4) is 0 Å². The summed E-state index contributed by atoms with van der Waals surface area (Å²) in [5.74, 6) is -0.944. The molecule has 0 radical (unpaired) electrons. The molecular weight excluding hydrogens is 168 g/mol. The van der Waals surface area contributed by atoms with Gasteiger partial charge in [0, 0.05) is 12.6 Å². The Hall–Kier alpha value is -0.570. The quantitative estimate of drug-likeness (QED) is 0.544. The zero-order chi connectivity index (χ0) is 9.94. The maximum Gasteiger partial charge on any atom is 0.0431 e. The molecule has 0 aromatic rings. The lowest BCUT2D eigenvalue weighted by atomic mass is 10.1. The monoisotopic (exact) mass is 187 g/mol. The lowest BCUT2D eigenvalue weighted by Gasteiger charge is -2.02. The number of aliphatic hydroxyl groups excluding tert-OH is 1. The molecule has 0 spiro atoms. The van der Waals surface area contributed by atoms with Crippen molar-refractivity contribution in [2.45, 2.75) is 51.4 Å². The third kappa shape index (κ3) is 11.4. The Morgan fingerprint density at radius 3 is 1.85 bits per heavy atom. The molecule has 0 amide bonds. The Morgan fingerprint density at radius 1 is 0.923 bits per heavy atom. The molecule has 0 aliphatic rings. The number of hydrogen-bond donors (Lipinski definition) is 1. The molecule has 0 atom stereocenters. The molecule has 0 saturated carbocycles. The Bertz CT molecular complexity index is 123. The average Bonchev–Trinajstić information content (AvgIpc) is 2.09. The van der Waals surface area contributed by atoms with Gasteiger partial charge in [-0.2, -0.15) is 0 Å². The van der Waals surface area contributed by atoms with Crippen LogP contribution in [0.25, 0.3) is 0 Å². The van der Waals surface area contributed by atoms with E-state index in [0.29, 0.717) is 0 Å². The third-order valence-electron chi connectivity index (χ3n) is 2.04. The molecule has 0 saturated heterocycles. The molecule has 3 nitrogen and oxygen atoms in total. The van der Waals surface area contributed by atoms with Crippen molar-refractivity contribution in [3.8, 4) is 0 Å². The van der Waals surface area contributed by atoms with Gasteiger partial charge in [0.2, 0.25) is 0 Å². The molecule has 3 heteroatoms. The smallest absolute Gasteiger partial charge is 0.0431 e. The fourth-order valence-electron chi connectivity index (χ4n) is 1.27. The van der Waals surface area contributed by atoms with Gasteiger partial charge in [-0.1, -0.05) is 32.1 Å². The Labute approximate surface area is 79.8 Å².